The van der Waals surface area contributed by atoms with Crippen LogP contribution in [0, 0.1) is 5.82 Å². The van der Waals surface area contributed by atoms with Gasteiger partial charge < -0.3 is 16.4 Å². The highest BCUT2D eigenvalue weighted by atomic mass is 19.1. The summed E-state index contributed by atoms with van der Waals surface area (Å²) in [5, 5.41) is 5.29. The first-order valence-corrected chi connectivity index (χ1v) is 4.42. The number of aromatic nitrogens is 2. The van der Waals surface area contributed by atoms with Crippen LogP contribution in [0.25, 0.3) is 0 Å². The first kappa shape index (κ1) is 11.2. The van der Waals surface area contributed by atoms with Gasteiger partial charge in [-0.1, -0.05) is 0 Å². The Balaban J connectivity index is 2.75. The maximum absolute atomic E-state index is 13.1. The van der Waals surface area contributed by atoms with E-state index in [1.165, 1.54) is 0 Å². The third kappa shape index (κ3) is 3.37. The lowest BCUT2D eigenvalue weighted by atomic mass is 10.5. The Kier molecular flexibility index (Phi) is 3.78. The molecule has 0 unspecified atom stereocenters. The van der Waals surface area contributed by atoms with E-state index in [0.29, 0.717) is 12.5 Å². The zero-order valence-electron chi connectivity index (χ0n) is 8.25. The molecule has 0 spiro atoms. The number of amides is 1. The van der Waals surface area contributed by atoms with E-state index in [2.05, 4.69) is 20.6 Å². The topological polar surface area (TPSA) is 92.9 Å². The summed E-state index contributed by atoms with van der Waals surface area (Å²) in [6.07, 6.45) is 1.02. The summed E-state index contributed by atoms with van der Waals surface area (Å²) < 4.78 is 13.1. The Labute approximate surface area is 86.1 Å². The van der Waals surface area contributed by atoms with E-state index >= 15 is 0 Å². The molecule has 6 nitrogen and oxygen atoms in total. The number of halogens is 1. The molecule has 0 saturated carbocycles. The fourth-order valence-electron chi connectivity index (χ4n) is 0.905. The predicted octanol–water partition coefficient (Wildman–Crippen LogP) is -0.0553. The quantitative estimate of drug-likeness (QED) is 0.637. The first-order valence-electron chi connectivity index (χ1n) is 4.42. The molecule has 0 bridgehead atoms. The van der Waals surface area contributed by atoms with E-state index in [-0.39, 0.29) is 12.4 Å². The number of hydrogen-bond acceptors (Lipinski definition) is 5. The minimum Gasteiger partial charge on any atom is -0.368 e. The zero-order chi connectivity index (χ0) is 11.3. The number of nitrogens with zero attached hydrogens (tertiary/aromatic N) is 2. The molecule has 1 amide bonds. The molecule has 0 saturated heterocycles. The number of primary amides is 1. The minimum absolute atomic E-state index is 0.0419. The van der Waals surface area contributed by atoms with Gasteiger partial charge in [-0.15, -0.1) is 0 Å². The molecule has 0 aromatic carbocycles. The maximum Gasteiger partial charge on any atom is 0.236 e. The summed E-state index contributed by atoms with van der Waals surface area (Å²) in [5.41, 5.74) is 4.90. The number of nitrogens with one attached hydrogen (secondary N) is 2. The van der Waals surface area contributed by atoms with Crippen molar-refractivity contribution in [3.05, 3.63) is 12.0 Å². The highest BCUT2D eigenvalue weighted by Crippen LogP contribution is 2.10. The van der Waals surface area contributed by atoms with Crippen molar-refractivity contribution in [3.8, 4) is 0 Å². The molecule has 82 valence electrons. The molecule has 4 N–H and O–H groups in total. The van der Waals surface area contributed by atoms with Gasteiger partial charge in [0.25, 0.3) is 0 Å². The Hall–Kier alpha value is -1.92. The van der Waals surface area contributed by atoms with Crippen molar-refractivity contribution in [2.45, 2.75) is 6.92 Å². The summed E-state index contributed by atoms with van der Waals surface area (Å²) in [6.45, 7) is 2.32. The monoisotopic (exact) mass is 213 g/mol. The van der Waals surface area contributed by atoms with E-state index < -0.39 is 11.7 Å². The van der Waals surface area contributed by atoms with Crippen molar-refractivity contribution in [3.63, 3.8) is 0 Å². The van der Waals surface area contributed by atoms with E-state index in [1.807, 2.05) is 6.92 Å². The fourth-order valence-corrected chi connectivity index (χ4v) is 0.905. The molecular formula is C8H12FN5O. The second kappa shape index (κ2) is 5.08. The van der Waals surface area contributed by atoms with Gasteiger partial charge in [0.05, 0.1) is 12.7 Å². The van der Waals surface area contributed by atoms with Crippen LogP contribution in [0.15, 0.2) is 6.20 Å². The average molecular weight is 213 g/mol. The third-order valence-electron chi connectivity index (χ3n) is 1.51. The van der Waals surface area contributed by atoms with Crippen molar-refractivity contribution in [2.24, 2.45) is 5.73 Å². The molecule has 0 aliphatic carbocycles. The van der Waals surface area contributed by atoms with Crippen LogP contribution in [0.4, 0.5) is 16.2 Å². The van der Waals surface area contributed by atoms with Gasteiger partial charge in [-0.05, 0) is 6.92 Å². The second-order valence-electron chi connectivity index (χ2n) is 2.74. The smallest absolute Gasteiger partial charge is 0.236 e. The molecule has 1 rings (SSSR count). The summed E-state index contributed by atoms with van der Waals surface area (Å²) in [4.78, 5) is 18.0. The maximum atomic E-state index is 13.1. The Morgan fingerprint density at radius 3 is 2.93 bits per heavy atom. The molecule has 0 radical (unpaired) electrons. The van der Waals surface area contributed by atoms with Gasteiger partial charge in [-0.25, -0.2) is 9.37 Å². The number of carbonyl (C=O) groups excluding carboxylic acids is 1. The highest BCUT2D eigenvalue weighted by molar-refractivity contribution is 5.78. The predicted molar refractivity (Wildman–Crippen MR) is 53.8 cm³/mol. The highest BCUT2D eigenvalue weighted by Gasteiger charge is 2.06. The van der Waals surface area contributed by atoms with E-state index in [1.54, 1.807) is 0 Å². The lowest BCUT2D eigenvalue weighted by Gasteiger charge is -2.06. The van der Waals surface area contributed by atoms with Crippen LogP contribution < -0.4 is 16.4 Å². The summed E-state index contributed by atoms with van der Waals surface area (Å²) in [7, 11) is 0. The standard InChI is InChI=1S/C8H12FN5O/c1-2-11-8-13-3-5(9)7(14-8)12-4-6(10)15/h3H,2,4H2,1H3,(H2,10,15)(H2,11,12,13,14). The number of rotatable bonds is 5. The van der Waals surface area contributed by atoms with Crippen molar-refractivity contribution < 1.29 is 9.18 Å². The van der Waals surface area contributed by atoms with Gasteiger partial charge in [0, 0.05) is 6.54 Å². The Morgan fingerprint density at radius 2 is 2.33 bits per heavy atom. The van der Waals surface area contributed by atoms with Crippen LogP contribution in [0.3, 0.4) is 0 Å². The molecule has 0 aliphatic rings. The van der Waals surface area contributed by atoms with Gasteiger partial charge >= 0.3 is 0 Å². The largest absolute Gasteiger partial charge is 0.368 e. The summed E-state index contributed by atoms with van der Waals surface area (Å²) in [5.74, 6) is -0.957. The zero-order valence-corrected chi connectivity index (χ0v) is 8.25. The van der Waals surface area contributed by atoms with Crippen molar-refractivity contribution in [2.75, 3.05) is 23.7 Å². The number of anilines is 2. The van der Waals surface area contributed by atoms with E-state index in [9.17, 15) is 9.18 Å². The van der Waals surface area contributed by atoms with Crippen molar-refractivity contribution in [1.82, 2.24) is 9.97 Å². The van der Waals surface area contributed by atoms with Crippen LogP contribution in [0.2, 0.25) is 0 Å². The van der Waals surface area contributed by atoms with Crippen LogP contribution in [0.1, 0.15) is 6.92 Å². The molecule has 0 fully saturated rings. The Bertz CT molecular complexity index is 357. The SMILES string of the molecule is CCNc1ncc(F)c(NCC(N)=O)n1. The third-order valence-corrected chi connectivity index (χ3v) is 1.51. The number of carbonyl (C=O) groups is 1. The lowest BCUT2D eigenvalue weighted by molar-refractivity contribution is -0.116. The molecule has 15 heavy (non-hydrogen) atoms. The minimum atomic E-state index is -0.627. The molecule has 7 heteroatoms. The van der Waals surface area contributed by atoms with Crippen LogP contribution in [-0.4, -0.2) is 29.0 Å². The van der Waals surface area contributed by atoms with E-state index in [0.717, 1.165) is 6.20 Å². The lowest BCUT2D eigenvalue weighted by Crippen LogP contribution is -2.23. The first-order chi connectivity index (χ1) is 7.13. The number of hydrogen-bond donors (Lipinski definition) is 3. The van der Waals surface area contributed by atoms with Crippen LogP contribution >= 0.6 is 0 Å². The summed E-state index contributed by atoms with van der Waals surface area (Å²) in [6, 6.07) is 0. The van der Waals surface area contributed by atoms with Crippen molar-refractivity contribution >= 4 is 17.7 Å². The van der Waals surface area contributed by atoms with Crippen LogP contribution in [0.5, 0.6) is 0 Å². The normalized spacial score (nSPS) is 9.73. The fraction of sp³-hybridized carbons (Fsp3) is 0.375. The summed E-state index contributed by atoms with van der Waals surface area (Å²) >= 11 is 0. The van der Waals surface area contributed by atoms with Gasteiger partial charge in [0.2, 0.25) is 11.9 Å². The van der Waals surface area contributed by atoms with Gasteiger partial charge in [0.15, 0.2) is 11.6 Å². The molecule has 0 atom stereocenters. The van der Waals surface area contributed by atoms with Crippen molar-refractivity contribution in [1.29, 1.82) is 0 Å². The number of nitrogens with two attached hydrogens (primary N) is 1. The van der Waals surface area contributed by atoms with E-state index in [4.69, 9.17) is 5.73 Å². The van der Waals surface area contributed by atoms with Gasteiger partial charge in [0.1, 0.15) is 0 Å². The van der Waals surface area contributed by atoms with Gasteiger partial charge in [-0.3, -0.25) is 4.79 Å². The van der Waals surface area contributed by atoms with Gasteiger partial charge in [-0.2, -0.15) is 4.98 Å². The Morgan fingerprint density at radius 1 is 1.60 bits per heavy atom. The van der Waals surface area contributed by atoms with Crippen LogP contribution in [-0.2, 0) is 4.79 Å². The molecule has 1 heterocycles. The molecule has 0 aliphatic heterocycles. The molecule has 1 aromatic rings. The molecular weight excluding hydrogens is 201 g/mol. The average Bonchev–Trinajstić information content (AvgIpc) is 2.19. The second-order valence-corrected chi connectivity index (χ2v) is 2.74. The molecule has 1 aromatic heterocycles.